The monoisotopic (exact) mass is 279 g/mol. The second-order valence-corrected chi connectivity index (χ2v) is 4.12. The number of carbonyl (C=O) groups is 3. The highest BCUT2D eigenvalue weighted by Gasteiger charge is 2.35. The van der Waals surface area contributed by atoms with E-state index in [1.165, 1.54) is 6.21 Å². The number of piperazine rings is 1. The zero-order chi connectivity index (χ0) is 13.8. The molecule has 0 spiro atoms. The first-order valence-corrected chi connectivity index (χ1v) is 5.89. The Balaban J connectivity index is 2.08. The minimum Gasteiger partial charge on any atom is -0.263 e. The summed E-state index contributed by atoms with van der Waals surface area (Å²) in [6.45, 7) is 0.172. The minimum absolute atomic E-state index is 0.0407. The molecule has 98 valence electrons. The maximum Gasteiger partial charge on any atom is 0.332 e. The Hall–Kier alpha value is -2.21. The van der Waals surface area contributed by atoms with Gasteiger partial charge in [-0.05, 0) is 17.2 Å². The van der Waals surface area contributed by atoms with Crippen LogP contribution in [0, 0.1) is 0 Å². The van der Waals surface area contributed by atoms with Crippen LogP contribution in [-0.4, -0.2) is 46.4 Å². The van der Waals surface area contributed by atoms with Gasteiger partial charge in [0.1, 0.15) is 0 Å². The standard InChI is InChI=1S/C12H10ClN3O3/c13-12(19)15-6-7-16(11(18)10(15)17)14-8-9-4-2-1-3-5-9/h1-5,8H,6-7H2. The molecule has 3 amide bonds. The van der Waals surface area contributed by atoms with Gasteiger partial charge in [0.05, 0.1) is 19.3 Å². The molecule has 6 nitrogen and oxygen atoms in total. The van der Waals surface area contributed by atoms with Gasteiger partial charge >= 0.3 is 17.2 Å². The highest BCUT2D eigenvalue weighted by molar-refractivity contribution is 6.65. The van der Waals surface area contributed by atoms with Crippen molar-refractivity contribution in [3.05, 3.63) is 35.9 Å². The molecule has 1 heterocycles. The Morgan fingerprint density at radius 2 is 1.84 bits per heavy atom. The number of hydrogen-bond acceptors (Lipinski definition) is 4. The van der Waals surface area contributed by atoms with Crippen LogP contribution in [0.3, 0.4) is 0 Å². The van der Waals surface area contributed by atoms with E-state index < -0.39 is 17.2 Å². The van der Waals surface area contributed by atoms with Gasteiger partial charge < -0.3 is 0 Å². The van der Waals surface area contributed by atoms with Crippen LogP contribution in [0.4, 0.5) is 4.79 Å². The lowest BCUT2D eigenvalue weighted by Gasteiger charge is -2.27. The van der Waals surface area contributed by atoms with Crippen molar-refractivity contribution in [2.75, 3.05) is 13.1 Å². The molecule has 0 aromatic heterocycles. The molecule has 0 unspecified atom stereocenters. The summed E-state index contributed by atoms with van der Waals surface area (Å²) in [7, 11) is 0. The molecule has 1 aromatic carbocycles. The molecule has 0 atom stereocenters. The highest BCUT2D eigenvalue weighted by atomic mass is 35.5. The van der Waals surface area contributed by atoms with Crippen LogP contribution in [-0.2, 0) is 9.59 Å². The Kier molecular flexibility index (Phi) is 3.91. The summed E-state index contributed by atoms with van der Waals surface area (Å²) in [6.07, 6.45) is 1.48. The van der Waals surface area contributed by atoms with E-state index in [-0.39, 0.29) is 13.1 Å². The van der Waals surface area contributed by atoms with Gasteiger partial charge in [-0.15, -0.1) is 0 Å². The van der Waals surface area contributed by atoms with E-state index in [1.807, 2.05) is 30.3 Å². The highest BCUT2D eigenvalue weighted by Crippen LogP contribution is 2.08. The Morgan fingerprint density at radius 3 is 2.47 bits per heavy atom. The van der Waals surface area contributed by atoms with Crippen molar-refractivity contribution in [2.45, 2.75) is 0 Å². The fourth-order valence-electron chi connectivity index (χ4n) is 1.58. The van der Waals surface area contributed by atoms with E-state index in [4.69, 9.17) is 11.6 Å². The smallest absolute Gasteiger partial charge is 0.263 e. The van der Waals surface area contributed by atoms with Crippen molar-refractivity contribution in [1.29, 1.82) is 0 Å². The first-order valence-electron chi connectivity index (χ1n) is 5.51. The fourth-order valence-corrected chi connectivity index (χ4v) is 1.74. The van der Waals surface area contributed by atoms with Gasteiger partial charge in [-0.3, -0.25) is 19.3 Å². The molecule has 1 aliphatic rings. The zero-order valence-electron chi connectivity index (χ0n) is 9.82. The van der Waals surface area contributed by atoms with Gasteiger partial charge in [0, 0.05) is 0 Å². The number of hydrazone groups is 1. The predicted octanol–water partition coefficient (Wildman–Crippen LogP) is 1.05. The molecule has 0 N–H and O–H groups in total. The summed E-state index contributed by atoms with van der Waals surface area (Å²) < 4.78 is 0. The molecule has 0 saturated carbocycles. The van der Waals surface area contributed by atoms with Crippen LogP contribution in [0.25, 0.3) is 0 Å². The Bertz CT molecular complexity index is 544. The van der Waals surface area contributed by atoms with E-state index in [1.54, 1.807) is 0 Å². The maximum atomic E-state index is 11.7. The van der Waals surface area contributed by atoms with E-state index >= 15 is 0 Å². The number of amides is 3. The number of benzene rings is 1. The molecule has 2 rings (SSSR count). The van der Waals surface area contributed by atoms with E-state index in [0.29, 0.717) is 4.90 Å². The molecule has 1 aliphatic heterocycles. The van der Waals surface area contributed by atoms with Gasteiger partial charge in [0.25, 0.3) is 0 Å². The molecular formula is C12H10ClN3O3. The average molecular weight is 280 g/mol. The fraction of sp³-hybridized carbons (Fsp3) is 0.167. The third-order valence-corrected chi connectivity index (χ3v) is 2.76. The lowest BCUT2D eigenvalue weighted by molar-refractivity contribution is -0.153. The predicted molar refractivity (Wildman–Crippen MR) is 68.7 cm³/mol. The van der Waals surface area contributed by atoms with Crippen LogP contribution in [0.5, 0.6) is 0 Å². The average Bonchev–Trinajstić information content (AvgIpc) is 2.41. The molecule has 7 heteroatoms. The second kappa shape index (κ2) is 5.62. The molecule has 19 heavy (non-hydrogen) atoms. The van der Waals surface area contributed by atoms with Crippen molar-refractivity contribution < 1.29 is 14.4 Å². The van der Waals surface area contributed by atoms with E-state index in [9.17, 15) is 14.4 Å². The number of rotatable bonds is 2. The third-order valence-electron chi connectivity index (χ3n) is 2.56. The first kappa shape index (κ1) is 13.2. The maximum absolute atomic E-state index is 11.7. The molecule has 0 radical (unpaired) electrons. The molecule has 1 fully saturated rings. The summed E-state index contributed by atoms with van der Waals surface area (Å²) in [5.41, 5.74) is 0.804. The summed E-state index contributed by atoms with van der Waals surface area (Å²) in [4.78, 5) is 34.8. The van der Waals surface area contributed by atoms with Crippen LogP contribution in [0.2, 0.25) is 0 Å². The van der Waals surface area contributed by atoms with Gasteiger partial charge in [0.2, 0.25) is 0 Å². The largest absolute Gasteiger partial charge is 0.332 e. The summed E-state index contributed by atoms with van der Waals surface area (Å²) >= 11 is 5.19. The van der Waals surface area contributed by atoms with E-state index in [0.717, 1.165) is 10.6 Å². The zero-order valence-corrected chi connectivity index (χ0v) is 10.6. The number of halogens is 1. The lowest BCUT2D eigenvalue weighted by atomic mass is 10.2. The topological polar surface area (TPSA) is 70.1 Å². The summed E-state index contributed by atoms with van der Waals surface area (Å²) in [5.74, 6) is -1.83. The number of hydrogen-bond donors (Lipinski definition) is 0. The summed E-state index contributed by atoms with van der Waals surface area (Å²) in [6, 6.07) is 9.15. The van der Waals surface area contributed by atoms with E-state index in [2.05, 4.69) is 5.10 Å². The number of carbonyl (C=O) groups excluding carboxylic acids is 3. The minimum atomic E-state index is -0.962. The van der Waals surface area contributed by atoms with Gasteiger partial charge in [-0.1, -0.05) is 30.3 Å². The number of imide groups is 1. The van der Waals surface area contributed by atoms with Gasteiger partial charge in [0.15, 0.2) is 0 Å². The van der Waals surface area contributed by atoms with Crippen molar-refractivity contribution in [3.63, 3.8) is 0 Å². The first-order chi connectivity index (χ1) is 9.09. The Morgan fingerprint density at radius 1 is 1.16 bits per heavy atom. The SMILES string of the molecule is O=C1C(=O)N(C(=O)Cl)CCN1N=Cc1ccccc1. The van der Waals surface area contributed by atoms with Crippen LogP contribution >= 0.6 is 11.6 Å². The van der Waals surface area contributed by atoms with Crippen molar-refractivity contribution in [2.24, 2.45) is 5.10 Å². The molecular weight excluding hydrogens is 270 g/mol. The number of nitrogens with zero attached hydrogens (tertiary/aromatic N) is 3. The lowest BCUT2D eigenvalue weighted by Crippen LogP contribution is -2.53. The van der Waals surface area contributed by atoms with Crippen molar-refractivity contribution in [3.8, 4) is 0 Å². The van der Waals surface area contributed by atoms with Crippen molar-refractivity contribution in [1.82, 2.24) is 9.91 Å². The molecule has 0 bridgehead atoms. The second-order valence-electron chi connectivity index (χ2n) is 3.79. The summed E-state index contributed by atoms with van der Waals surface area (Å²) in [5, 5.41) is 4.00. The van der Waals surface area contributed by atoms with Gasteiger partial charge in [-0.2, -0.15) is 5.10 Å². The quantitative estimate of drug-likeness (QED) is 0.352. The van der Waals surface area contributed by atoms with Gasteiger partial charge in [-0.25, -0.2) is 5.01 Å². The van der Waals surface area contributed by atoms with Crippen molar-refractivity contribution >= 4 is 35.0 Å². The van der Waals surface area contributed by atoms with Crippen LogP contribution in [0.1, 0.15) is 5.56 Å². The molecule has 1 saturated heterocycles. The molecule has 0 aliphatic carbocycles. The van der Waals surface area contributed by atoms with Crippen LogP contribution < -0.4 is 0 Å². The third kappa shape index (κ3) is 2.97. The Labute approximate surface area is 114 Å². The van der Waals surface area contributed by atoms with Crippen LogP contribution in [0.15, 0.2) is 35.4 Å². The normalized spacial score (nSPS) is 16.3. The molecule has 1 aromatic rings.